The van der Waals surface area contributed by atoms with Crippen molar-refractivity contribution in [3.05, 3.63) is 47.7 Å². The topological polar surface area (TPSA) is 60.4 Å². The lowest BCUT2D eigenvalue weighted by molar-refractivity contribution is -0.188. The number of pyridine rings is 1. The maximum absolute atomic E-state index is 6.11. The van der Waals surface area contributed by atoms with Gasteiger partial charge in [-0.3, -0.25) is 14.9 Å². The zero-order valence-electron chi connectivity index (χ0n) is 14.8. The van der Waals surface area contributed by atoms with Crippen molar-refractivity contribution in [2.75, 3.05) is 19.7 Å². The number of nitrogens with zero attached hydrogens (tertiary/aromatic N) is 4. The van der Waals surface area contributed by atoms with Crippen LogP contribution in [0.2, 0.25) is 0 Å². The second-order valence-corrected chi connectivity index (χ2v) is 7.18. The monoisotopic (exact) mass is 340 g/mol. The molecule has 2 aromatic heterocycles. The third kappa shape index (κ3) is 3.80. The number of rotatable bonds is 4. The van der Waals surface area contributed by atoms with Gasteiger partial charge < -0.3 is 9.47 Å². The summed E-state index contributed by atoms with van der Waals surface area (Å²) in [5, 5.41) is 0. The third-order valence-electron chi connectivity index (χ3n) is 4.82. The second kappa shape index (κ2) is 6.69. The van der Waals surface area contributed by atoms with Gasteiger partial charge in [0.1, 0.15) is 6.10 Å². The van der Waals surface area contributed by atoms with Crippen LogP contribution in [0.5, 0.6) is 5.88 Å². The molecule has 2 fully saturated rings. The Labute approximate surface area is 148 Å². The van der Waals surface area contributed by atoms with Crippen LogP contribution < -0.4 is 4.74 Å². The molecular weight excluding hydrogens is 316 g/mol. The molecule has 1 unspecified atom stereocenters. The lowest BCUT2D eigenvalue weighted by Gasteiger charge is -2.52. The van der Waals surface area contributed by atoms with E-state index in [2.05, 4.69) is 32.0 Å². The summed E-state index contributed by atoms with van der Waals surface area (Å²) in [5.41, 5.74) is 2.98. The molecule has 0 saturated carbocycles. The van der Waals surface area contributed by atoms with Crippen LogP contribution in [0, 0.1) is 13.8 Å². The van der Waals surface area contributed by atoms with Gasteiger partial charge in [0.05, 0.1) is 29.8 Å². The minimum atomic E-state index is -0.0794. The van der Waals surface area contributed by atoms with Crippen LogP contribution in [0.4, 0.5) is 0 Å². The molecule has 2 saturated heterocycles. The standard InChI is InChI=1S/C19H24N4O2/c1-14-4-3-5-16(21-14)11-23-12-19(13-23)8-17(6-7-24-19)25-18-10-20-9-15(2)22-18/h3-5,9-10,17H,6-8,11-13H2,1-2H3. The third-order valence-corrected chi connectivity index (χ3v) is 4.82. The van der Waals surface area contributed by atoms with Crippen molar-refractivity contribution < 1.29 is 9.47 Å². The maximum Gasteiger partial charge on any atom is 0.232 e. The largest absolute Gasteiger partial charge is 0.473 e. The first kappa shape index (κ1) is 16.4. The van der Waals surface area contributed by atoms with Gasteiger partial charge in [0.25, 0.3) is 0 Å². The summed E-state index contributed by atoms with van der Waals surface area (Å²) in [6, 6.07) is 6.18. The molecule has 1 spiro atoms. The van der Waals surface area contributed by atoms with Gasteiger partial charge in [0.2, 0.25) is 5.88 Å². The zero-order chi connectivity index (χ0) is 17.3. The first-order valence-electron chi connectivity index (χ1n) is 8.84. The molecule has 0 aliphatic carbocycles. The smallest absolute Gasteiger partial charge is 0.232 e. The highest BCUT2D eigenvalue weighted by molar-refractivity contribution is 5.12. The summed E-state index contributed by atoms with van der Waals surface area (Å²) in [4.78, 5) is 15.5. The molecule has 0 N–H and O–H groups in total. The molecule has 25 heavy (non-hydrogen) atoms. The van der Waals surface area contributed by atoms with Crippen LogP contribution in [-0.2, 0) is 11.3 Å². The number of hydrogen-bond acceptors (Lipinski definition) is 6. The van der Waals surface area contributed by atoms with Gasteiger partial charge >= 0.3 is 0 Å². The van der Waals surface area contributed by atoms with Crippen LogP contribution in [0.25, 0.3) is 0 Å². The Kier molecular flexibility index (Phi) is 4.39. The molecule has 0 aromatic carbocycles. The fourth-order valence-electron chi connectivity index (χ4n) is 3.77. The van der Waals surface area contributed by atoms with E-state index in [0.717, 1.165) is 56.2 Å². The maximum atomic E-state index is 6.11. The fraction of sp³-hybridized carbons (Fsp3) is 0.526. The number of hydrogen-bond donors (Lipinski definition) is 0. The average Bonchev–Trinajstić information content (AvgIpc) is 2.54. The minimum absolute atomic E-state index is 0.0794. The molecule has 1 atom stereocenters. The molecule has 132 valence electrons. The number of aryl methyl sites for hydroxylation is 2. The van der Waals surface area contributed by atoms with Gasteiger partial charge in [0.15, 0.2) is 0 Å². The molecule has 0 radical (unpaired) electrons. The van der Waals surface area contributed by atoms with E-state index in [1.165, 1.54) is 0 Å². The van der Waals surface area contributed by atoms with E-state index >= 15 is 0 Å². The molecule has 0 bridgehead atoms. The minimum Gasteiger partial charge on any atom is -0.473 e. The van der Waals surface area contributed by atoms with Crippen LogP contribution >= 0.6 is 0 Å². The van der Waals surface area contributed by atoms with Crippen molar-refractivity contribution in [3.63, 3.8) is 0 Å². The van der Waals surface area contributed by atoms with Crippen molar-refractivity contribution in [2.45, 2.75) is 44.9 Å². The van der Waals surface area contributed by atoms with Crippen molar-refractivity contribution >= 4 is 0 Å². The fourth-order valence-corrected chi connectivity index (χ4v) is 3.77. The predicted molar refractivity (Wildman–Crippen MR) is 93.4 cm³/mol. The summed E-state index contributed by atoms with van der Waals surface area (Å²) < 4.78 is 12.2. The molecular formula is C19H24N4O2. The Bertz CT molecular complexity index is 746. The lowest BCUT2D eigenvalue weighted by atomic mass is 9.84. The van der Waals surface area contributed by atoms with E-state index in [1.54, 1.807) is 12.4 Å². The second-order valence-electron chi connectivity index (χ2n) is 7.18. The van der Waals surface area contributed by atoms with E-state index < -0.39 is 0 Å². The van der Waals surface area contributed by atoms with Crippen molar-refractivity contribution in [1.29, 1.82) is 0 Å². The van der Waals surface area contributed by atoms with Gasteiger partial charge in [-0.1, -0.05) is 6.07 Å². The van der Waals surface area contributed by atoms with Crippen molar-refractivity contribution in [3.8, 4) is 5.88 Å². The van der Waals surface area contributed by atoms with E-state index in [0.29, 0.717) is 5.88 Å². The Morgan fingerprint density at radius 1 is 1.20 bits per heavy atom. The molecule has 2 aliphatic rings. The number of likely N-dealkylation sites (tertiary alicyclic amines) is 1. The predicted octanol–water partition coefficient (Wildman–Crippen LogP) is 2.30. The Balaban J connectivity index is 1.33. The summed E-state index contributed by atoms with van der Waals surface area (Å²) >= 11 is 0. The normalized spacial score (nSPS) is 22.6. The summed E-state index contributed by atoms with van der Waals surface area (Å²) in [5.74, 6) is 0.613. The van der Waals surface area contributed by atoms with Gasteiger partial charge in [0, 0.05) is 44.4 Å². The summed E-state index contributed by atoms with van der Waals surface area (Å²) in [6.45, 7) is 7.43. The van der Waals surface area contributed by atoms with E-state index in [1.807, 2.05) is 19.9 Å². The van der Waals surface area contributed by atoms with E-state index in [4.69, 9.17) is 9.47 Å². The Morgan fingerprint density at radius 3 is 2.88 bits per heavy atom. The van der Waals surface area contributed by atoms with Crippen LogP contribution in [0.1, 0.15) is 29.9 Å². The molecule has 4 rings (SSSR count). The summed E-state index contributed by atoms with van der Waals surface area (Å²) in [7, 11) is 0. The number of ether oxygens (including phenoxy) is 2. The first-order valence-corrected chi connectivity index (χ1v) is 8.84. The molecule has 4 heterocycles. The lowest BCUT2D eigenvalue weighted by Crippen LogP contribution is -2.65. The molecule has 6 nitrogen and oxygen atoms in total. The Morgan fingerprint density at radius 2 is 2.08 bits per heavy atom. The van der Waals surface area contributed by atoms with E-state index in [9.17, 15) is 0 Å². The molecule has 6 heteroatoms. The highest BCUT2D eigenvalue weighted by Gasteiger charge is 2.48. The van der Waals surface area contributed by atoms with Crippen molar-refractivity contribution in [1.82, 2.24) is 19.9 Å². The molecule has 2 aromatic rings. The average molecular weight is 340 g/mol. The van der Waals surface area contributed by atoms with Crippen LogP contribution in [0.15, 0.2) is 30.6 Å². The van der Waals surface area contributed by atoms with Crippen LogP contribution in [-0.4, -0.2) is 51.3 Å². The Hall–Kier alpha value is -2.05. The van der Waals surface area contributed by atoms with Gasteiger partial charge in [-0.15, -0.1) is 0 Å². The highest BCUT2D eigenvalue weighted by atomic mass is 16.5. The molecule has 2 aliphatic heterocycles. The molecule has 0 amide bonds. The summed E-state index contributed by atoms with van der Waals surface area (Å²) in [6.07, 6.45) is 5.37. The number of aromatic nitrogens is 3. The van der Waals surface area contributed by atoms with Crippen molar-refractivity contribution in [2.24, 2.45) is 0 Å². The quantitative estimate of drug-likeness (QED) is 0.851. The highest BCUT2D eigenvalue weighted by Crippen LogP contribution is 2.36. The SMILES string of the molecule is Cc1cccc(CN2CC3(CC(Oc4cncc(C)n4)CCO3)C2)n1. The van der Waals surface area contributed by atoms with Gasteiger partial charge in [-0.2, -0.15) is 0 Å². The van der Waals surface area contributed by atoms with E-state index in [-0.39, 0.29) is 11.7 Å². The first-order chi connectivity index (χ1) is 12.1. The van der Waals surface area contributed by atoms with Gasteiger partial charge in [-0.05, 0) is 26.0 Å². The van der Waals surface area contributed by atoms with Gasteiger partial charge in [-0.25, -0.2) is 4.98 Å². The van der Waals surface area contributed by atoms with Crippen LogP contribution in [0.3, 0.4) is 0 Å². The zero-order valence-corrected chi connectivity index (χ0v) is 14.8.